The lowest BCUT2D eigenvalue weighted by Gasteiger charge is -2.39. The van der Waals surface area contributed by atoms with Crippen LogP contribution in [0, 0.1) is 5.82 Å². The molecule has 0 saturated carbocycles. The van der Waals surface area contributed by atoms with E-state index in [4.69, 9.17) is 5.73 Å². The summed E-state index contributed by atoms with van der Waals surface area (Å²) in [6.45, 7) is 3.56. The minimum Gasteiger partial charge on any atom is -0.368 e. The van der Waals surface area contributed by atoms with Gasteiger partial charge in [0, 0.05) is 44.9 Å². The predicted octanol–water partition coefficient (Wildman–Crippen LogP) is 0.529. The zero-order valence-electron chi connectivity index (χ0n) is 13.9. The molecular weight excluding hydrogens is 325 g/mol. The molecule has 7 nitrogen and oxygen atoms in total. The molecule has 25 heavy (non-hydrogen) atoms. The van der Waals surface area contributed by atoms with E-state index < -0.39 is 11.9 Å². The third kappa shape index (κ3) is 3.85. The zero-order chi connectivity index (χ0) is 18.0. The van der Waals surface area contributed by atoms with E-state index >= 15 is 0 Å². The maximum Gasteiger partial charge on any atom is 0.241 e. The topological polar surface area (TPSA) is 84.5 Å². The summed E-state index contributed by atoms with van der Waals surface area (Å²) in [6, 6.07) is 5.46. The monoisotopic (exact) mass is 345 g/mol. The summed E-state index contributed by atoms with van der Waals surface area (Å²) >= 11 is 0. The van der Waals surface area contributed by atoms with Crippen molar-refractivity contribution in [3.05, 3.63) is 48.0 Å². The molecule has 2 aromatic rings. The number of hydrogen-bond acceptors (Lipinski definition) is 4. The number of benzene rings is 1. The minimum atomic E-state index is -0.613. The first kappa shape index (κ1) is 17.1. The number of hydrogen-bond donors (Lipinski definition) is 1. The van der Waals surface area contributed by atoms with E-state index in [0.717, 1.165) is 11.3 Å². The van der Waals surface area contributed by atoms with Gasteiger partial charge < -0.3 is 10.6 Å². The van der Waals surface area contributed by atoms with Crippen molar-refractivity contribution >= 4 is 11.8 Å². The normalized spacial score (nSPS) is 18.3. The lowest BCUT2D eigenvalue weighted by Crippen LogP contribution is -2.59. The molecule has 1 aromatic carbocycles. The quantitative estimate of drug-likeness (QED) is 0.876. The fourth-order valence-electron chi connectivity index (χ4n) is 3.04. The number of nitrogens with two attached hydrogens (primary N) is 1. The highest BCUT2D eigenvalue weighted by Gasteiger charge is 2.32. The van der Waals surface area contributed by atoms with Gasteiger partial charge in [0.1, 0.15) is 11.9 Å². The van der Waals surface area contributed by atoms with Crippen LogP contribution in [0.3, 0.4) is 0 Å². The minimum absolute atomic E-state index is 0.146. The number of halogens is 1. The van der Waals surface area contributed by atoms with Gasteiger partial charge in [-0.2, -0.15) is 5.10 Å². The fourth-order valence-corrected chi connectivity index (χ4v) is 3.04. The summed E-state index contributed by atoms with van der Waals surface area (Å²) in [4.78, 5) is 26.8. The number of carbonyl (C=O) groups is 2. The lowest BCUT2D eigenvalue weighted by molar-refractivity contribution is -0.141. The average Bonchev–Trinajstić information content (AvgIpc) is 3.03. The van der Waals surface area contributed by atoms with E-state index in [9.17, 15) is 14.0 Å². The summed E-state index contributed by atoms with van der Waals surface area (Å²) in [5.41, 5.74) is 7.17. The Bertz CT molecular complexity index is 774. The second-order valence-corrected chi connectivity index (χ2v) is 6.14. The first-order valence-corrected chi connectivity index (χ1v) is 8.02. The lowest BCUT2D eigenvalue weighted by atomic mass is 10.1. The standard InChI is InChI=1S/C17H20FN5O2/c1-12(24)22-7-6-21(11-16(22)17(19)25)9-13-8-20-23(10-13)15-4-2-14(18)3-5-15/h2-5,8,10,16H,6-7,9,11H2,1H3,(H2,19,25)/t16-/m0/s1. The van der Waals surface area contributed by atoms with Gasteiger partial charge in [-0.3, -0.25) is 14.5 Å². The van der Waals surface area contributed by atoms with Crippen molar-refractivity contribution in [2.45, 2.75) is 19.5 Å². The number of rotatable bonds is 4. The molecule has 132 valence electrons. The van der Waals surface area contributed by atoms with Gasteiger partial charge in [-0.25, -0.2) is 9.07 Å². The predicted molar refractivity (Wildman–Crippen MR) is 89.2 cm³/mol. The van der Waals surface area contributed by atoms with Crippen molar-refractivity contribution in [2.75, 3.05) is 19.6 Å². The Morgan fingerprint density at radius 2 is 2.00 bits per heavy atom. The highest BCUT2D eigenvalue weighted by atomic mass is 19.1. The molecular formula is C17H20FN5O2. The highest BCUT2D eigenvalue weighted by Crippen LogP contribution is 2.15. The molecule has 1 aliphatic rings. The van der Waals surface area contributed by atoms with Gasteiger partial charge in [0.05, 0.1) is 11.9 Å². The number of carbonyl (C=O) groups excluding carboxylic acids is 2. The molecule has 0 aliphatic carbocycles. The Morgan fingerprint density at radius 1 is 1.28 bits per heavy atom. The van der Waals surface area contributed by atoms with Gasteiger partial charge in [-0.05, 0) is 24.3 Å². The molecule has 2 N–H and O–H groups in total. The third-order valence-corrected chi connectivity index (χ3v) is 4.33. The SMILES string of the molecule is CC(=O)N1CCN(Cc2cnn(-c3ccc(F)cc3)c2)C[C@H]1C(N)=O. The van der Waals surface area contributed by atoms with Gasteiger partial charge >= 0.3 is 0 Å². The molecule has 0 spiro atoms. The Labute approximate surface area is 144 Å². The summed E-state index contributed by atoms with van der Waals surface area (Å²) in [6.07, 6.45) is 3.60. The van der Waals surface area contributed by atoms with E-state index in [-0.39, 0.29) is 11.7 Å². The molecule has 8 heteroatoms. The number of piperazine rings is 1. The molecule has 1 saturated heterocycles. The molecule has 0 bridgehead atoms. The van der Waals surface area contributed by atoms with E-state index in [0.29, 0.717) is 26.2 Å². The van der Waals surface area contributed by atoms with Crippen molar-refractivity contribution in [2.24, 2.45) is 5.73 Å². The van der Waals surface area contributed by atoms with Crippen LogP contribution >= 0.6 is 0 Å². The van der Waals surface area contributed by atoms with Crippen molar-refractivity contribution in [3.8, 4) is 5.69 Å². The van der Waals surface area contributed by atoms with Crippen LogP contribution < -0.4 is 5.73 Å². The third-order valence-electron chi connectivity index (χ3n) is 4.33. The van der Waals surface area contributed by atoms with Gasteiger partial charge in [-0.15, -0.1) is 0 Å². The van der Waals surface area contributed by atoms with Crippen LogP contribution in [0.4, 0.5) is 4.39 Å². The smallest absolute Gasteiger partial charge is 0.241 e. The first-order chi connectivity index (χ1) is 11.9. The second-order valence-electron chi connectivity index (χ2n) is 6.14. The van der Waals surface area contributed by atoms with Crippen molar-refractivity contribution in [1.29, 1.82) is 0 Å². The second kappa shape index (κ2) is 7.02. The van der Waals surface area contributed by atoms with Crippen LogP contribution in [0.25, 0.3) is 5.69 Å². The molecule has 2 heterocycles. The summed E-state index contributed by atoms with van der Waals surface area (Å²) in [5, 5.41) is 4.29. The summed E-state index contributed by atoms with van der Waals surface area (Å²) in [7, 11) is 0. The Morgan fingerprint density at radius 3 is 2.64 bits per heavy atom. The molecule has 0 radical (unpaired) electrons. The molecule has 2 amide bonds. The number of aromatic nitrogens is 2. The van der Waals surface area contributed by atoms with Crippen molar-refractivity contribution < 1.29 is 14.0 Å². The van der Waals surface area contributed by atoms with Crippen molar-refractivity contribution in [1.82, 2.24) is 19.6 Å². The van der Waals surface area contributed by atoms with Gasteiger partial charge in [-0.1, -0.05) is 0 Å². The van der Waals surface area contributed by atoms with E-state index in [1.54, 1.807) is 23.0 Å². The van der Waals surface area contributed by atoms with Gasteiger partial charge in [0.25, 0.3) is 0 Å². The van der Waals surface area contributed by atoms with E-state index in [1.165, 1.54) is 24.0 Å². The molecule has 3 rings (SSSR count). The van der Waals surface area contributed by atoms with Crippen LogP contribution in [-0.4, -0.2) is 57.1 Å². The highest BCUT2D eigenvalue weighted by molar-refractivity contribution is 5.86. The van der Waals surface area contributed by atoms with Gasteiger partial charge in [0.15, 0.2) is 0 Å². The van der Waals surface area contributed by atoms with Crippen LogP contribution in [-0.2, 0) is 16.1 Å². The first-order valence-electron chi connectivity index (χ1n) is 8.02. The van der Waals surface area contributed by atoms with Crippen LogP contribution in [0.5, 0.6) is 0 Å². The summed E-state index contributed by atoms with van der Waals surface area (Å²) < 4.78 is 14.7. The maximum absolute atomic E-state index is 13.0. The number of primary amides is 1. The number of amides is 2. The molecule has 1 atom stereocenters. The average molecular weight is 345 g/mol. The zero-order valence-corrected chi connectivity index (χ0v) is 13.9. The number of nitrogens with zero attached hydrogens (tertiary/aromatic N) is 4. The van der Waals surface area contributed by atoms with Crippen LogP contribution in [0.15, 0.2) is 36.7 Å². The Hall–Kier alpha value is -2.74. The maximum atomic E-state index is 13.0. The van der Waals surface area contributed by atoms with E-state index in [1.807, 2.05) is 6.20 Å². The molecule has 1 fully saturated rings. The molecule has 1 aliphatic heterocycles. The fraction of sp³-hybridized carbons (Fsp3) is 0.353. The molecule has 1 aromatic heterocycles. The largest absolute Gasteiger partial charge is 0.368 e. The van der Waals surface area contributed by atoms with Crippen LogP contribution in [0.2, 0.25) is 0 Å². The Balaban J connectivity index is 1.68. The van der Waals surface area contributed by atoms with Crippen LogP contribution in [0.1, 0.15) is 12.5 Å². The molecule has 0 unspecified atom stereocenters. The van der Waals surface area contributed by atoms with Gasteiger partial charge in [0.2, 0.25) is 11.8 Å². The Kier molecular flexibility index (Phi) is 4.80. The van der Waals surface area contributed by atoms with E-state index in [2.05, 4.69) is 10.00 Å². The summed E-state index contributed by atoms with van der Waals surface area (Å²) in [5.74, 6) is -0.938. The van der Waals surface area contributed by atoms with Crippen molar-refractivity contribution in [3.63, 3.8) is 0 Å².